The van der Waals surface area contributed by atoms with Crippen LogP contribution in [0.3, 0.4) is 0 Å². The molecule has 0 bridgehead atoms. The number of hydrogen-bond donors (Lipinski definition) is 4. The first-order valence-electron chi connectivity index (χ1n) is 8.89. The van der Waals surface area contributed by atoms with Gasteiger partial charge in [0, 0.05) is 16.3 Å². The molecule has 0 heterocycles. The highest BCUT2D eigenvalue weighted by Crippen LogP contribution is 2.13. The summed E-state index contributed by atoms with van der Waals surface area (Å²) >= 11 is 11.0. The lowest BCUT2D eigenvalue weighted by Gasteiger charge is -2.24. The number of amides is 2. The maximum absolute atomic E-state index is 12.6. The van der Waals surface area contributed by atoms with Crippen LogP contribution >= 0.6 is 23.8 Å². The molecule has 0 aromatic heterocycles. The molecule has 0 aliphatic carbocycles. The minimum absolute atomic E-state index is 0.0627. The summed E-state index contributed by atoms with van der Waals surface area (Å²) in [5.41, 5.74) is 6.43. The van der Waals surface area contributed by atoms with Crippen molar-refractivity contribution in [2.45, 2.75) is 26.3 Å². The molecule has 0 unspecified atom stereocenters. The number of hydrogen-bond acceptors (Lipinski definition) is 3. The summed E-state index contributed by atoms with van der Waals surface area (Å²) in [6.07, 6.45) is 0.723. The number of carbonyl (C=O) groups excluding carboxylic acids is 2. The fourth-order valence-electron chi connectivity index (χ4n) is 2.41. The van der Waals surface area contributed by atoms with E-state index in [0.717, 1.165) is 12.1 Å². The van der Waals surface area contributed by atoms with Crippen molar-refractivity contribution >= 4 is 46.4 Å². The monoisotopic (exact) mass is 418 g/mol. The number of rotatable bonds is 6. The number of hydrazine groups is 1. The van der Waals surface area contributed by atoms with E-state index in [1.807, 2.05) is 19.9 Å². The molecule has 0 radical (unpaired) electrons. The molecule has 0 spiro atoms. The maximum atomic E-state index is 12.6. The van der Waals surface area contributed by atoms with E-state index in [9.17, 15) is 9.59 Å². The Hall–Kier alpha value is -2.64. The zero-order chi connectivity index (χ0) is 20.5. The van der Waals surface area contributed by atoms with Gasteiger partial charge in [0.2, 0.25) is 0 Å². The maximum Gasteiger partial charge on any atom is 0.261 e. The van der Waals surface area contributed by atoms with E-state index in [-0.39, 0.29) is 22.8 Å². The molecule has 0 aliphatic rings. The van der Waals surface area contributed by atoms with E-state index in [2.05, 4.69) is 21.5 Å². The van der Waals surface area contributed by atoms with Crippen LogP contribution in [0.25, 0.3) is 0 Å². The van der Waals surface area contributed by atoms with E-state index >= 15 is 0 Å². The van der Waals surface area contributed by atoms with Gasteiger partial charge >= 0.3 is 0 Å². The lowest BCUT2D eigenvalue weighted by molar-refractivity contribution is -0.124. The Balaban J connectivity index is 1.93. The van der Waals surface area contributed by atoms with Gasteiger partial charge in [-0.05, 0) is 54.5 Å². The molecule has 2 amide bonds. The highest BCUT2D eigenvalue weighted by molar-refractivity contribution is 7.80. The van der Waals surface area contributed by atoms with Gasteiger partial charge in [0.05, 0.1) is 0 Å². The Morgan fingerprint density at radius 3 is 2.29 bits per heavy atom. The van der Waals surface area contributed by atoms with Gasteiger partial charge < -0.3 is 10.6 Å². The number of carbonyl (C=O) groups is 2. The van der Waals surface area contributed by atoms with Crippen molar-refractivity contribution in [1.82, 2.24) is 16.2 Å². The van der Waals surface area contributed by atoms with Gasteiger partial charge in [0.1, 0.15) is 6.04 Å². The molecule has 2 rings (SSSR count). The second-order valence-electron chi connectivity index (χ2n) is 6.28. The van der Waals surface area contributed by atoms with Crippen LogP contribution in [0.2, 0.25) is 5.02 Å². The Morgan fingerprint density at radius 2 is 1.68 bits per heavy atom. The predicted octanol–water partition coefficient (Wildman–Crippen LogP) is 3.50. The first kappa shape index (κ1) is 21.7. The molecular weight excluding hydrogens is 396 g/mol. The van der Waals surface area contributed by atoms with Crippen molar-refractivity contribution in [2.24, 2.45) is 5.92 Å². The molecule has 148 valence electrons. The summed E-state index contributed by atoms with van der Waals surface area (Å²) in [4.78, 5) is 25.0. The van der Waals surface area contributed by atoms with Gasteiger partial charge in [-0.25, -0.2) is 0 Å². The van der Waals surface area contributed by atoms with Crippen molar-refractivity contribution in [2.75, 3.05) is 5.32 Å². The molecule has 0 saturated heterocycles. The van der Waals surface area contributed by atoms with Crippen molar-refractivity contribution in [3.63, 3.8) is 0 Å². The normalized spacial score (nSPS) is 12.4. The van der Waals surface area contributed by atoms with E-state index < -0.39 is 6.04 Å². The zero-order valence-corrected chi connectivity index (χ0v) is 17.2. The van der Waals surface area contributed by atoms with Crippen LogP contribution in [0.1, 0.15) is 30.6 Å². The van der Waals surface area contributed by atoms with Gasteiger partial charge in [0.25, 0.3) is 11.8 Å². The van der Waals surface area contributed by atoms with Gasteiger partial charge in [-0.3, -0.25) is 20.4 Å². The average molecular weight is 419 g/mol. The molecule has 4 N–H and O–H groups in total. The third-order valence-corrected chi connectivity index (χ3v) is 4.68. The van der Waals surface area contributed by atoms with Crippen molar-refractivity contribution in [3.05, 3.63) is 65.2 Å². The minimum atomic E-state index is -0.705. The Kier molecular flexibility index (Phi) is 8.22. The number of thiocarbonyl (C=S) groups is 1. The van der Waals surface area contributed by atoms with Crippen LogP contribution in [-0.2, 0) is 4.79 Å². The Bertz CT molecular complexity index is 815. The first-order chi connectivity index (χ1) is 13.4. The lowest BCUT2D eigenvalue weighted by atomic mass is 9.98. The molecule has 0 fully saturated rings. The number of nitrogens with one attached hydrogen (secondary N) is 4. The predicted molar refractivity (Wildman–Crippen MR) is 116 cm³/mol. The van der Waals surface area contributed by atoms with Gasteiger partial charge in [-0.1, -0.05) is 50.1 Å². The minimum Gasteiger partial charge on any atom is -0.340 e. The van der Waals surface area contributed by atoms with Crippen LogP contribution in [-0.4, -0.2) is 23.0 Å². The van der Waals surface area contributed by atoms with Gasteiger partial charge in [-0.2, -0.15) is 0 Å². The third kappa shape index (κ3) is 6.51. The SMILES string of the molecule is CC[C@H](C)[C@H](NC(=O)c1ccccc1)C(=O)NNC(=S)Nc1ccc(Cl)cc1. The first-order valence-corrected chi connectivity index (χ1v) is 9.67. The average Bonchev–Trinajstić information content (AvgIpc) is 2.71. The molecule has 0 aliphatic heterocycles. The summed E-state index contributed by atoms with van der Waals surface area (Å²) in [5, 5.41) is 6.56. The quantitative estimate of drug-likeness (QED) is 0.426. The topological polar surface area (TPSA) is 82.3 Å². The van der Waals surface area contributed by atoms with Crippen LogP contribution in [0, 0.1) is 5.92 Å². The molecule has 2 aromatic carbocycles. The van der Waals surface area contributed by atoms with Crippen LogP contribution in [0.5, 0.6) is 0 Å². The number of halogens is 1. The largest absolute Gasteiger partial charge is 0.340 e. The van der Waals surface area contributed by atoms with Crippen molar-refractivity contribution in [3.8, 4) is 0 Å². The lowest BCUT2D eigenvalue weighted by Crippen LogP contribution is -2.55. The number of benzene rings is 2. The van der Waals surface area contributed by atoms with E-state index in [0.29, 0.717) is 10.6 Å². The second kappa shape index (κ2) is 10.6. The summed E-state index contributed by atoms with van der Waals surface area (Å²) in [6.45, 7) is 3.86. The summed E-state index contributed by atoms with van der Waals surface area (Å²) in [6, 6.07) is 15.0. The van der Waals surface area contributed by atoms with E-state index in [4.69, 9.17) is 23.8 Å². The van der Waals surface area contributed by atoms with Crippen LogP contribution < -0.4 is 21.5 Å². The summed E-state index contributed by atoms with van der Waals surface area (Å²) in [7, 11) is 0. The fraction of sp³-hybridized carbons (Fsp3) is 0.250. The number of anilines is 1. The fourth-order valence-corrected chi connectivity index (χ4v) is 2.70. The third-order valence-electron chi connectivity index (χ3n) is 4.22. The van der Waals surface area contributed by atoms with Crippen LogP contribution in [0.4, 0.5) is 5.69 Å². The summed E-state index contributed by atoms with van der Waals surface area (Å²) < 4.78 is 0. The molecule has 0 saturated carbocycles. The Labute approximate surface area is 175 Å². The molecule has 2 atom stereocenters. The Morgan fingerprint density at radius 1 is 1.04 bits per heavy atom. The highest BCUT2D eigenvalue weighted by Gasteiger charge is 2.26. The van der Waals surface area contributed by atoms with Crippen molar-refractivity contribution in [1.29, 1.82) is 0 Å². The highest BCUT2D eigenvalue weighted by atomic mass is 35.5. The van der Waals surface area contributed by atoms with Crippen LogP contribution in [0.15, 0.2) is 54.6 Å². The molecule has 2 aromatic rings. The van der Waals surface area contributed by atoms with Crippen molar-refractivity contribution < 1.29 is 9.59 Å². The summed E-state index contributed by atoms with van der Waals surface area (Å²) in [5.74, 6) is -0.742. The molecule has 28 heavy (non-hydrogen) atoms. The second-order valence-corrected chi connectivity index (χ2v) is 7.12. The van der Waals surface area contributed by atoms with E-state index in [1.165, 1.54) is 0 Å². The van der Waals surface area contributed by atoms with E-state index in [1.54, 1.807) is 48.5 Å². The van der Waals surface area contributed by atoms with Gasteiger partial charge in [-0.15, -0.1) is 0 Å². The zero-order valence-electron chi connectivity index (χ0n) is 15.7. The molecular formula is C20H23ClN4O2S. The molecule has 8 heteroatoms. The smallest absolute Gasteiger partial charge is 0.261 e. The standard InChI is InChI=1S/C20H23ClN4O2S/c1-3-13(2)17(23-18(26)14-7-5-4-6-8-14)19(27)24-25-20(28)22-16-11-9-15(21)10-12-16/h4-13,17H,3H2,1-2H3,(H,23,26)(H,24,27)(H2,22,25,28)/t13-,17-/m0/s1. The molecule has 6 nitrogen and oxygen atoms in total. The van der Waals surface area contributed by atoms with Gasteiger partial charge in [0.15, 0.2) is 5.11 Å².